The van der Waals surface area contributed by atoms with Gasteiger partial charge in [0.2, 0.25) is 0 Å². The third-order valence-electron chi connectivity index (χ3n) is 2.79. The van der Waals surface area contributed by atoms with Gasteiger partial charge in [0.25, 0.3) is 5.95 Å². The van der Waals surface area contributed by atoms with Gasteiger partial charge >= 0.3 is 0 Å². The van der Waals surface area contributed by atoms with Crippen LogP contribution in [0.1, 0.15) is 37.6 Å². The van der Waals surface area contributed by atoms with E-state index in [9.17, 15) is 0 Å². The van der Waals surface area contributed by atoms with E-state index in [0.29, 0.717) is 5.95 Å². The molecule has 2 rings (SSSR count). The van der Waals surface area contributed by atoms with Crippen molar-refractivity contribution in [3.05, 3.63) is 35.4 Å². The van der Waals surface area contributed by atoms with Crippen LogP contribution in [0, 0.1) is 13.8 Å². The molecule has 5 heteroatoms. The Morgan fingerprint density at radius 1 is 1.21 bits per heavy atom. The highest BCUT2D eigenvalue weighted by Gasteiger charge is 2.11. The molecular weight excluding hydrogens is 238 g/mol. The average molecular weight is 259 g/mol. The van der Waals surface area contributed by atoms with E-state index in [1.807, 2.05) is 26.2 Å². The number of hydrogen-bond donors (Lipinski definition) is 1. The largest absolute Gasteiger partial charge is 0.308 e. The number of nitrogens with zero attached hydrogens (tertiary/aromatic N) is 4. The minimum absolute atomic E-state index is 0.0875. The van der Waals surface area contributed by atoms with Crippen LogP contribution in [0.5, 0.6) is 0 Å². The fourth-order valence-electron chi connectivity index (χ4n) is 1.65. The van der Waals surface area contributed by atoms with Crippen molar-refractivity contribution in [2.45, 2.75) is 46.7 Å². The zero-order chi connectivity index (χ0) is 14.0. The molecule has 19 heavy (non-hydrogen) atoms. The van der Waals surface area contributed by atoms with Gasteiger partial charge in [-0.3, -0.25) is 0 Å². The van der Waals surface area contributed by atoms with Gasteiger partial charge in [0.15, 0.2) is 0 Å². The highest BCUT2D eigenvalue weighted by atomic mass is 15.3. The molecule has 1 N–H and O–H groups in total. The zero-order valence-corrected chi connectivity index (χ0v) is 12.2. The minimum Gasteiger partial charge on any atom is -0.308 e. The smallest absolute Gasteiger partial charge is 0.250 e. The summed E-state index contributed by atoms with van der Waals surface area (Å²) in [5.41, 5.74) is 3.28. The maximum Gasteiger partial charge on any atom is 0.250 e. The first kappa shape index (κ1) is 13.7. The van der Waals surface area contributed by atoms with E-state index in [0.717, 1.165) is 23.4 Å². The fraction of sp³-hybridized carbons (Fsp3) is 0.500. The number of rotatable bonds is 3. The van der Waals surface area contributed by atoms with Crippen molar-refractivity contribution in [1.29, 1.82) is 0 Å². The fourth-order valence-corrected chi connectivity index (χ4v) is 1.65. The molecule has 0 radical (unpaired) electrons. The molecule has 2 aromatic heterocycles. The quantitative estimate of drug-likeness (QED) is 0.917. The summed E-state index contributed by atoms with van der Waals surface area (Å²) in [4.78, 5) is 8.88. The van der Waals surface area contributed by atoms with Crippen LogP contribution in [0.15, 0.2) is 18.6 Å². The molecule has 0 aliphatic carbocycles. The summed E-state index contributed by atoms with van der Waals surface area (Å²) < 4.78 is 1.70. The third kappa shape index (κ3) is 3.61. The molecule has 0 unspecified atom stereocenters. The van der Waals surface area contributed by atoms with Crippen LogP contribution in [0.25, 0.3) is 5.95 Å². The lowest BCUT2D eigenvalue weighted by Gasteiger charge is -2.20. The van der Waals surface area contributed by atoms with Crippen LogP contribution in [0.2, 0.25) is 0 Å². The predicted octanol–water partition coefficient (Wildman–Crippen LogP) is 2.17. The minimum atomic E-state index is 0.0875. The molecule has 0 aromatic carbocycles. The highest BCUT2D eigenvalue weighted by molar-refractivity contribution is 5.22. The Hall–Kier alpha value is -1.75. The Bertz CT molecular complexity index is 565. The number of aromatic nitrogens is 4. The maximum absolute atomic E-state index is 4.51. The summed E-state index contributed by atoms with van der Waals surface area (Å²) in [6, 6.07) is 0. The lowest BCUT2D eigenvalue weighted by atomic mass is 10.1. The van der Waals surface area contributed by atoms with E-state index < -0.39 is 0 Å². The van der Waals surface area contributed by atoms with Crippen LogP contribution in [0.3, 0.4) is 0 Å². The molecule has 102 valence electrons. The van der Waals surface area contributed by atoms with Gasteiger partial charge < -0.3 is 5.32 Å². The van der Waals surface area contributed by atoms with Gasteiger partial charge in [-0.25, -0.2) is 14.6 Å². The number of hydrogen-bond acceptors (Lipinski definition) is 4. The normalized spacial score (nSPS) is 11.8. The van der Waals surface area contributed by atoms with Crippen molar-refractivity contribution in [2.75, 3.05) is 0 Å². The van der Waals surface area contributed by atoms with E-state index in [4.69, 9.17) is 0 Å². The van der Waals surface area contributed by atoms with Gasteiger partial charge in [-0.1, -0.05) is 0 Å². The Balaban J connectivity index is 2.18. The molecule has 0 saturated heterocycles. The molecular formula is C14H21N5. The molecule has 0 atom stereocenters. The van der Waals surface area contributed by atoms with Crippen molar-refractivity contribution in [1.82, 2.24) is 25.1 Å². The molecule has 0 spiro atoms. The van der Waals surface area contributed by atoms with Crippen molar-refractivity contribution in [3.8, 4) is 5.95 Å². The van der Waals surface area contributed by atoms with E-state index in [-0.39, 0.29) is 5.54 Å². The van der Waals surface area contributed by atoms with Crippen LogP contribution >= 0.6 is 0 Å². The van der Waals surface area contributed by atoms with Crippen LogP contribution < -0.4 is 5.32 Å². The molecule has 0 aliphatic heterocycles. The van der Waals surface area contributed by atoms with Crippen molar-refractivity contribution >= 4 is 0 Å². The van der Waals surface area contributed by atoms with E-state index in [1.165, 1.54) is 0 Å². The molecule has 0 saturated carbocycles. The Morgan fingerprint density at radius 3 is 2.47 bits per heavy atom. The second-order valence-electron chi connectivity index (χ2n) is 5.85. The van der Waals surface area contributed by atoms with Crippen molar-refractivity contribution < 1.29 is 0 Å². The Labute approximate surface area is 114 Å². The van der Waals surface area contributed by atoms with Gasteiger partial charge in [-0.2, -0.15) is 5.10 Å². The molecule has 2 aromatic rings. The van der Waals surface area contributed by atoms with Gasteiger partial charge in [0, 0.05) is 35.7 Å². The van der Waals surface area contributed by atoms with E-state index in [1.54, 1.807) is 10.9 Å². The van der Waals surface area contributed by atoms with E-state index in [2.05, 4.69) is 41.2 Å². The second kappa shape index (κ2) is 5.09. The molecule has 0 fully saturated rings. The highest BCUT2D eigenvalue weighted by Crippen LogP contribution is 2.09. The van der Waals surface area contributed by atoms with Gasteiger partial charge in [0.1, 0.15) is 0 Å². The van der Waals surface area contributed by atoms with Gasteiger partial charge in [0.05, 0.1) is 6.20 Å². The van der Waals surface area contributed by atoms with Crippen molar-refractivity contribution in [2.24, 2.45) is 0 Å². The lowest BCUT2D eigenvalue weighted by molar-refractivity contribution is 0.423. The monoisotopic (exact) mass is 259 g/mol. The molecule has 2 heterocycles. The summed E-state index contributed by atoms with van der Waals surface area (Å²) >= 11 is 0. The zero-order valence-electron chi connectivity index (χ0n) is 12.2. The van der Waals surface area contributed by atoms with Crippen molar-refractivity contribution in [3.63, 3.8) is 0 Å². The molecule has 0 amide bonds. The van der Waals surface area contributed by atoms with E-state index >= 15 is 0 Å². The Morgan fingerprint density at radius 2 is 1.95 bits per heavy atom. The number of nitrogens with one attached hydrogen (secondary N) is 1. The van der Waals surface area contributed by atoms with Crippen LogP contribution in [-0.4, -0.2) is 25.3 Å². The lowest BCUT2D eigenvalue weighted by Crippen LogP contribution is -2.35. The summed E-state index contributed by atoms with van der Waals surface area (Å²) in [5, 5.41) is 7.66. The first-order valence-electron chi connectivity index (χ1n) is 6.44. The van der Waals surface area contributed by atoms with Crippen LogP contribution in [0.4, 0.5) is 0 Å². The molecule has 5 nitrogen and oxygen atoms in total. The second-order valence-corrected chi connectivity index (χ2v) is 5.85. The summed E-state index contributed by atoms with van der Waals surface area (Å²) in [6.45, 7) is 11.2. The summed E-state index contributed by atoms with van der Waals surface area (Å²) in [7, 11) is 0. The first-order valence-corrected chi connectivity index (χ1v) is 6.44. The Kier molecular flexibility index (Phi) is 3.66. The molecule has 0 bridgehead atoms. The van der Waals surface area contributed by atoms with Crippen LogP contribution in [-0.2, 0) is 6.54 Å². The topological polar surface area (TPSA) is 55.6 Å². The standard InChI is InChI=1S/C14H21N5/c1-10-6-17-19(9-10)13-15-7-12(11(2)18-13)8-16-14(3,4)5/h6-7,9,16H,8H2,1-5H3. The first-order chi connectivity index (χ1) is 8.85. The average Bonchev–Trinajstić information content (AvgIpc) is 2.73. The van der Waals surface area contributed by atoms with Gasteiger partial charge in [-0.15, -0.1) is 0 Å². The number of aryl methyl sites for hydroxylation is 2. The third-order valence-corrected chi connectivity index (χ3v) is 2.79. The SMILES string of the molecule is Cc1cnn(-c2ncc(CNC(C)(C)C)c(C)n2)c1. The molecule has 0 aliphatic rings. The summed E-state index contributed by atoms with van der Waals surface area (Å²) in [5.74, 6) is 0.616. The maximum atomic E-state index is 4.51. The summed E-state index contributed by atoms with van der Waals surface area (Å²) in [6.07, 6.45) is 5.59. The van der Waals surface area contributed by atoms with Gasteiger partial charge in [-0.05, 0) is 40.2 Å². The predicted molar refractivity (Wildman–Crippen MR) is 75.2 cm³/mol.